The lowest BCUT2D eigenvalue weighted by Crippen LogP contribution is -2.39. The summed E-state index contributed by atoms with van der Waals surface area (Å²) in [4.78, 5) is 0. The molecule has 1 aliphatic heterocycles. The predicted octanol–water partition coefficient (Wildman–Crippen LogP) is 4.38. The van der Waals surface area contributed by atoms with Gasteiger partial charge in [0.05, 0.1) is 5.69 Å². The van der Waals surface area contributed by atoms with Gasteiger partial charge in [0.2, 0.25) is 0 Å². The Morgan fingerprint density at radius 1 is 1.15 bits per heavy atom. The third kappa shape index (κ3) is 2.91. The van der Waals surface area contributed by atoms with Gasteiger partial charge in [-0.05, 0) is 53.8 Å². The molecule has 0 aliphatic carbocycles. The molecule has 0 unspecified atom stereocenters. The zero-order valence-electron chi connectivity index (χ0n) is 14.5. The standard InChI is InChI=1S/C19H19ClN2O2S2/c1-12-17-9-15(20)5-8-18(17)25-19(12)26(23,24)22(2)16-6-3-13(4-7-16)14-10-21-11-14/h3-9,14,21H,10-11H2,1-2H3. The van der Waals surface area contributed by atoms with Gasteiger partial charge in [-0.2, -0.15) is 0 Å². The van der Waals surface area contributed by atoms with E-state index in [1.165, 1.54) is 21.2 Å². The molecule has 1 aliphatic rings. The summed E-state index contributed by atoms with van der Waals surface area (Å²) in [6.07, 6.45) is 0. The van der Waals surface area contributed by atoms with Crippen LogP contribution in [0.5, 0.6) is 0 Å². The molecular weight excluding hydrogens is 388 g/mol. The number of anilines is 1. The summed E-state index contributed by atoms with van der Waals surface area (Å²) in [5, 5.41) is 4.75. The van der Waals surface area contributed by atoms with E-state index < -0.39 is 10.0 Å². The molecular formula is C19H19ClN2O2S2. The van der Waals surface area contributed by atoms with Gasteiger partial charge >= 0.3 is 0 Å². The van der Waals surface area contributed by atoms with Crippen LogP contribution in [0.3, 0.4) is 0 Å². The van der Waals surface area contributed by atoms with Gasteiger partial charge in [-0.25, -0.2) is 8.42 Å². The minimum Gasteiger partial charge on any atom is -0.315 e. The average molecular weight is 407 g/mol. The van der Waals surface area contributed by atoms with Crippen LogP contribution in [0.25, 0.3) is 10.1 Å². The number of halogens is 1. The largest absolute Gasteiger partial charge is 0.315 e. The van der Waals surface area contributed by atoms with Gasteiger partial charge in [0.25, 0.3) is 10.0 Å². The van der Waals surface area contributed by atoms with E-state index in [0.717, 1.165) is 28.7 Å². The monoisotopic (exact) mass is 406 g/mol. The van der Waals surface area contributed by atoms with E-state index in [-0.39, 0.29) is 0 Å². The highest BCUT2D eigenvalue weighted by atomic mass is 35.5. The summed E-state index contributed by atoms with van der Waals surface area (Å²) < 4.78 is 29.0. The molecule has 0 bridgehead atoms. The zero-order chi connectivity index (χ0) is 18.5. The molecule has 1 aromatic heterocycles. The lowest BCUT2D eigenvalue weighted by molar-refractivity contribution is 0.448. The average Bonchev–Trinajstić information content (AvgIpc) is 2.90. The Labute approximate surface area is 162 Å². The first kappa shape index (κ1) is 17.8. The first-order valence-electron chi connectivity index (χ1n) is 8.36. The van der Waals surface area contributed by atoms with Crippen molar-refractivity contribution in [1.29, 1.82) is 0 Å². The highest BCUT2D eigenvalue weighted by Gasteiger charge is 2.27. The van der Waals surface area contributed by atoms with E-state index in [4.69, 9.17) is 11.6 Å². The summed E-state index contributed by atoms with van der Waals surface area (Å²) in [7, 11) is -2.02. The molecule has 136 valence electrons. The van der Waals surface area contributed by atoms with Crippen LogP contribution in [-0.2, 0) is 10.0 Å². The Bertz CT molecular complexity index is 1070. The van der Waals surface area contributed by atoms with Crippen molar-refractivity contribution in [2.24, 2.45) is 0 Å². The molecule has 1 saturated heterocycles. The number of hydrogen-bond donors (Lipinski definition) is 1. The summed E-state index contributed by atoms with van der Waals surface area (Å²) in [6.45, 7) is 3.80. The fraction of sp³-hybridized carbons (Fsp3) is 0.263. The number of sulfonamides is 1. The van der Waals surface area contributed by atoms with Crippen LogP contribution in [-0.4, -0.2) is 28.6 Å². The van der Waals surface area contributed by atoms with E-state index in [1.54, 1.807) is 13.1 Å². The van der Waals surface area contributed by atoms with Gasteiger partial charge in [-0.3, -0.25) is 4.31 Å². The lowest BCUT2D eigenvalue weighted by atomic mass is 9.94. The number of rotatable bonds is 4. The third-order valence-electron chi connectivity index (χ3n) is 4.96. The van der Waals surface area contributed by atoms with E-state index in [9.17, 15) is 8.42 Å². The van der Waals surface area contributed by atoms with Gasteiger partial charge < -0.3 is 5.32 Å². The second kappa shape index (κ2) is 6.53. The molecule has 26 heavy (non-hydrogen) atoms. The number of fused-ring (bicyclic) bond motifs is 1. The fourth-order valence-corrected chi connectivity index (χ4v) is 6.42. The first-order valence-corrected chi connectivity index (χ1v) is 11.0. The van der Waals surface area contributed by atoms with Crippen LogP contribution in [0.2, 0.25) is 5.02 Å². The van der Waals surface area contributed by atoms with Gasteiger partial charge in [0, 0.05) is 35.8 Å². The Balaban J connectivity index is 1.70. The minimum absolute atomic E-state index is 0.365. The maximum atomic E-state index is 13.2. The molecule has 3 aromatic rings. The number of nitrogens with zero attached hydrogens (tertiary/aromatic N) is 1. The molecule has 2 heterocycles. The third-order valence-corrected chi connectivity index (χ3v) is 8.85. The molecule has 0 saturated carbocycles. The number of benzene rings is 2. The second-order valence-corrected chi connectivity index (χ2v) is 10.2. The Hall–Kier alpha value is -1.60. The molecule has 0 radical (unpaired) electrons. The zero-order valence-corrected chi connectivity index (χ0v) is 16.9. The van der Waals surface area contributed by atoms with E-state index in [0.29, 0.717) is 20.8 Å². The number of aryl methyl sites for hydroxylation is 1. The maximum absolute atomic E-state index is 13.2. The van der Waals surface area contributed by atoms with Crippen LogP contribution >= 0.6 is 22.9 Å². The van der Waals surface area contributed by atoms with Crippen molar-refractivity contribution in [2.45, 2.75) is 17.1 Å². The predicted molar refractivity (Wildman–Crippen MR) is 109 cm³/mol. The minimum atomic E-state index is -3.63. The highest BCUT2D eigenvalue weighted by Crippen LogP contribution is 2.37. The topological polar surface area (TPSA) is 49.4 Å². The molecule has 2 aromatic carbocycles. The van der Waals surface area contributed by atoms with E-state index in [2.05, 4.69) is 5.32 Å². The Kier molecular flexibility index (Phi) is 4.47. The van der Waals surface area contributed by atoms with Crippen LogP contribution < -0.4 is 9.62 Å². The normalized spacial score (nSPS) is 15.2. The van der Waals surface area contributed by atoms with Crippen molar-refractivity contribution in [3.05, 3.63) is 58.6 Å². The van der Waals surface area contributed by atoms with Gasteiger partial charge in [0.15, 0.2) is 0 Å². The van der Waals surface area contributed by atoms with Gasteiger partial charge in [-0.1, -0.05) is 23.7 Å². The van der Waals surface area contributed by atoms with Crippen molar-refractivity contribution in [1.82, 2.24) is 5.32 Å². The van der Waals surface area contributed by atoms with Crippen molar-refractivity contribution in [3.63, 3.8) is 0 Å². The smallest absolute Gasteiger partial charge is 0.273 e. The van der Waals surface area contributed by atoms with Crippen molar-refractivity contribution >= 4 is 48.7 Å². The fourth-order valence-electron chi connectivity index (χ4n) is 3.16. The molecule has 4 nitrogen and oxygen atoms in total. The Morgan fingerprint density at radius 2 is 1.85 bits per heavy atom. The SMILES string of the molecule is Cc1c(S(=O)(=O)N(C)c2ccc(C3CNC3)cc2)sc2ccc(Cl)cc12. The molecule has 4 rings (SSSR count). The van der Waals surface area contributed by atoms with E-state index >= 15 is 0 Å². The number of nitrogens with one attached hydrogen (secondary N) is 1. The summed E-state index contributed by atoms with van der Waals surface area (Å²) in [5.41, 5.74) is 2.65. The van der Waals surface area contributed by atoms with Crippen molar-refractivity contribution in [3.8, 4) is 0 Å². The van der Waals surface area contributed by atoms with E-state index in [1.807, 2.05) is 43.3 Å². The molecule has 1 fully saturated rings. The number of thiophene rings is 1. The van der Waals surface area contributed by atoms with Crippen LogP contribution in [0.1, 0.15) is 17.0 Å². The van der Waals surface area contributed by atoms with Crippen molar-refractivity contribution < 1.29 is 8.42 Å². The highest BCUT2D eigenvalue weighted by molar-refractivity contribution is 7.95. The Morgan fingerprint density at radius 3 is 2.46 bits per heavy atom. The van der Waals surface area contributed by atoms with Crippen LogP contribution in [0, 0.1) is 6.92 Å². The lowest BCUT2D eigenvalue weighted by Gasteiger charge is -2.28. The van der Waals surface area contributed by atoms with Crippen LogP contribution in [0.15, 0.2) is 46.7 Å². The first-order chi connectivity index (χ1) is 12.4. The van der Waals surface area contributed by atoms with Gasteiger partial charge in [0.1, 0.15) is 4.21 Å². The maximum Gasteiger partial charge on any atom is 0.273 e. The summed E-state index contributed by atoms with van der Waals surface area (Å²) in [5.74, 6) is 0.528. The molecule has 0 spiro atoms. The molecule has 0 atom stereocenters. The van der Waals surface area contributed by atoms with Gasteiger partial charge in [-0.15, -0.1) is 11.3 Å². The van der Waals surface area contributed by atoms with Crippen LogP contribution in [0.4, 0.5) is 5.69 Å². The summed E-state index contributed by atoms with van der Waals surface area (Å²) in [6, 6.07) is 13.3. The summed E-state index contributed by atoms with van der Waals surface area (Å²) >= 11 is 7.36. The van der Waals surface area contributed by atoms with Crippen molar-refractivity contribution in [2.75, 3.05) is 24.4 Å². The second-order valence-electron chi connectivity index (χ2n) is 6.57. The molecule has 1 N–H and O–H groups in total. The molecule has 7 heteroatoms. The number of hydrogen-bond acceptors (Lipinski definition) is 4. The molecule has 0 amide bonds. The quantitative estimate of drug-likeness (QED) is 0.699.